The Morgan fingerprint density at radius 3 is 2.55 bits per heavy atom. The number of ether oxygens (including phenoxy) is 1. The lowest BCUT2D eigenvalue weighted by molar-refractivity contribution is -0.0498. The number of rotatable bonds is 3. The van der Waals surface area contributed by atoms with Gasteiger partial charge in [-0.25, -0.2) is 9.97 Å². The van der Waals surface area contributed by atoms with Crippen molar-refractivity contribution in [3.8, 4) is 17.0 Å². The van der Waals surface area contributed by atoms with Crippen LogP contribution in [0.25, 0.3) is 17.0 Å². The zero-order valence-corrected chi connectivity index (χ0v) is 12.0. The number of nitrogens with one attached hydrogen (secondary N) is 1. The lowest BCUT2D eigenvalue weighted by atomic mass is 10.1. The molecule has 22 heavy (non-hydrogen) atoms. The summed E-state index contributed by atoms with van der Waals surface area (Å²) in [5.74, 6) is 0.279. The van der Waals surface area contributed by atoms with Crippen LogP contribution in [0.2, 0.25) is 0 Å². The topological polar surface area (TPSA) is 72.3 Å². The summed E-state index contributed by atoms with van der Waals surface area (Å²) < 4.78 is 29.5. The first-order chi connectivity index (χ1) is 10.6. The molecular formula is C14H14F2N4O2. The van der Waals surface area contributed by atoms with E-state index in [1.54, 1.807) is 12.1 Å². The van der Waals surface area contributed by atoms with Crippen molar-refractivity contribution in [1.82, 2.24) is 19.6 Å². The van der Waals surface area contributed by atoms with E-state index < -0.39 is 6.61 Å². The third-order valence-corrected chi connectivity index (χ3v) is 2.64. The quantitative estimate of drug-likeness (QED) is 0.807. The molecule has 0 amide bonds. The molecule has 6 nitrogen and oxygen atoms in total. The highest BCUT2D eigenvalue weighted by Crippen LogP contribution is 2.21. The van der Waals surface area contributed by atoms with Gasteiger partial charge in [0, 0.05) is 11.6 Å². The zero-order valence-electron chi connectivity index (χ0n) is 12.0. The minimum atomic E-state index is -2.87. The fourth-order valence-corrected chi connectivity index (χ4v) is 1.78. The van der Waals surface area contributed by atoms with E-state index in [-0.39, 0.29) is 17.1 Å². The number of aromatic nitrogens is 4. The Hall–Kier alpha value is -2.77. The van der Waals surface area contributed by atoms with E-state index in [1.165, 1.54) is 29.0 Å². The monoisotopic (exact) mass is 308 g/mol. The van der Waals surface area contributed by atoms with E-state index in [2.05, 4.69) is 19.8 Å². The first-order valence-corrected chi connectivity index (χ1v) is 6.62. The van der Waals surface area contributed by atoms with Crippen LogP contribution in [0.3, 0.4) is 0 Å². The van der Waals surface area contributed by atoms with Crippen LogP contribution in [0.4, 0.5) is 8.78 Å². The van der Waals surface area contributed by atoms with Gasteiger partial charge >= 0.3 is 6.61 Å². The largest absolute Gasteiger partial charge is 0.435 e. The van der Waals surface area contributed by atoms with Crippen molar-refractivity contribution in [2.75, 3.05) is 0 Å². The molecule has 0 saturated carbocycles. The second-order valence-electron chi connectivity index (χ2n) is 3.91. The van der Waals surface area contributed by atoms with Crippen molar-refractivity contribution in [2.24, 2.45) is 0 Å². The summed E-state index contributed by atoms with van der Waals surface area (Å²) in [7, 11) is 0. The van der Waals surface area contributed by atoms with Crippen molar-refractivity contribution in [2.45, 2.75) is 20.5 Å². The maximum absolute atomic E-state index is 12.0. The molecule has 0 aliphatic rings. The molecule has 2 aromatic heterocycles. The van der Waals surface area contributed by atoms with Crippen LogP contribution in [-0.2, 0) is 0 Å². The van der Waals surface area contributed by atoms with Crippen LogP contribution >= 0.6 is 0 Å². The van der Waals surface area contributed by atoms with Gasteiger partial charge in [0.15, 0.2) is 0 Å². The molecule has 8 heteroatoms. The number of benzene rings is 1. The third-order valence-electron chi connectivity index (χ3n) is 2.64. The summed E-state index contributed by atoms with van der Waals surface area (Å²) in [4.78, 5) is 19.9. The SMILES string of the molecule is CC.O=c1cc(-c2ccc(OC(F)F)cc2)nc2nc[nH]n12. The fourth-order valence-electron chi connectivity index (χ4n) is 1.78. The van der Waals surface area contributed by atoms with Crippen LogP contribution in [0.1, 0.15) is 13.8 Å². The number of alkyl halides is 2. The van der Waals surface area contributed by atoms with Gasteiger partial charge in [-0.05, 0) is 24.3 Å². The van der Waals surface area contributed by atoms with Crippen molar-refractivity contribution < 1.29 is 13.5 Å². The average molecular weight is 308 g/mol. The summed E-state index contributed by atoms with van der Waals surface area (Å²) in [6.07, 6.45) is 1.35. The van der Waals surface area contributed by atoms with E-state index >= 15 is 0 Å². The van der Waals surface area contributed by atoms with E-state index in [4.69, 9.17) is 0 Å². The molecule has 0 radical (unpaired) electrons. The molecule has 0 saturated heterocycles. The van der Waals surface area contributed by atoms with Gasteiger partial charge in [-0.2, -0.15) is 13.3 Å². The van der Waals surface area contributed by atoms with Crippen molar-refractivity contribution >= 4 is 5.78 Å². The van der Waals surface area contributed by atoms with Crippen LogP contribution in [0, 0.1) is 0 Å². The average Bonchev–Trinajstić information content (AvgIpc) is 2.98. The van der Waals surface area contributed by atoms with Crippen LogP contribution < -0.4 is 10.3 Å². The van der Waals surface area contributed by atoms with E-state index in [9.17, 15) is 13.6 Å². The van der Waals surface area contributed by atoms with Gasteiger partial charge in [0.05, 0.1) is 5.69 Å². The Morgan fingerprint density at radius 1 is 1.23 bits per heavy atom. The number of halogens is 2. The molecule has 1 N–H and O–H groups in total. The second kappa shape index (κ2) is 6.79. The molecule has 0 spiro atoms. The number of fused-ring (bicyclic) bond motifs is 1. The lowest BCUT2D eigenvalue weighted by Gasteiger charge is -2.05. The molecule has 3 rings (SSSR count). The van der Waals surface area contributed by atoms with Crippen molar-refractivity contribution in [3.05, 3.63) is 47.0 Å². The van der Waals surface area contributed by atoms with Gasteiger partial charge in [0.1, 0.15) is 12.1 Å². The number of hydrogen-bond acceptors (Lipinski definition) is 4. The highest BCUT2D eigenvalue weighted by atomic mass is 19.3. The Labute approximate surface area is 124 Å². The third kappa shape index (κ3) is 3.27. The molecule has 116 valence electrons. The highest BCUT2D eigenvalue weighted by Gasteiger charge is 2.08. The molecule has 0 aliphatic carbocycles. The van der Waals surface area contributed by atoms with Crippen molar-refractivity contribution in [1.29, 1.82) is 0 Å². The Balaban J connectivity index is 0.000000847. The zero-order chi connectivity index (χ0) is 16.1. The van der Waals surface area contributed by atoms with Gasteiger partial charge in [-0.3, -0.25) is 9.89 Å². The van der Waals surface area contributed by atoms with Gasteiger partial charge in [0.2, 0.25) is 0 Å². The van der Waals surface area contributed by atoms with Gasteiger partial charge in [0.25, 0.3) is 11.3 Å². The molecule has 0 unspecified atom stereocenters. The Bertz CT molecular complexity index is 796. The maximum Gasteiger partial charge on any atom is 0.387 e. The number of H-pyrrole nitrogens is 1. The molecule has 0 bridgehead atoms. The van der Waals surface area contributed by atoms with Crippen LogP contribution in [-0.4, -0.2) is 26.2 Å². The minimum absolute atomic E-state index is 0.0429. The summed E-state index contributed by atoms with van der Waals surface area (Å²) in [5.41, 5.74) is 0.704. The highest BCUT2D eigenvalue weighted by molar-refractivity contribution is 5.61. The summed E-state index contributed by atoms with van der Waals surface area (Å²) >= 11 is 0. The molecule has 2 heterocycles. The number of nitrogens with zero attached hydrogens (tertiary/aromatic N) is 3. The Morgan fingerprint density at radius 2 is 1.91 bits per heavy atom. The van der Waals surface area contributed by atoms with E-state index in [0.29, 0.717) is 11.3 Å². The maximum atomic E-state index is 12.0. The van der Waals surface area contributed by atoms with Crippen molar-refractivity contribution in [3.63, 3.8) is 0 Å². The summed E-state index contributed by atoms with van der Waals surface area (Å²) in [6, 6.07) is 7.19. The minimum Gasteiger partial charge on any atom is -0.435 e. The summed E-state index contributed by atoms with van der Waals surface area (Å²) in [5, 5.41) is 2.62. The number of hydrogen-bond donors (Lipinski definition) is 1. The Kier molecular flexibility index (Phi) is 4.82. The smallest absolute Gasteiger partial charge is 0.387 e. The van der Waals surface area contributed by atoms with E-state index in [0.717, 1.165) is 0 Å². The number of aromatic amines is 1. The van der Waals surface area contributed by atoms with Gasteiger partial charge < -0.3 is 4.74 Å². The predicted molar refractivity (Wildman–Crippen MR) is 77.0 cm³/mol. The van der Waals surface area contributed by atoms with Crippen LogP contribution in [0.15, 0.2) is 41.5 Å². The molecule has 3 aromatic rings. The molecular weight excluding hydrogens is 294 g/mol. The molecule has 1 aromatic carbocycles. The van der Waals surface area contributed by atoms with E-state index in [1.807, 2.05) is 13.8 Å². The molecule has 0 aliphatic heterocycles. The summed E-state index contributed by atoms with van der Waals surface area (Å²) in [6.45, 7) is 1.13. The standard InChI is InChI=1S/C12H8F2N4O2.C2H6/c13-11(14)20-8-3-1-7(2-4-8)9-5-10(19)18-12(17-9)15-6-16-18;1-2/h1-6,11H,(H,15,16,17);1-2H3. The first-order valence-electron chi connectivity index (χ1n) is 6.62. The van der Waals surface area contributed by atoms with Gasteiger partial charge in [-0.15, -0.1) is 0 Å². The first kappa shape index (κ1) is 15.6. The predicted octanol–water partition coefficient (Wildman–Crippen LogP) is 2.71. The second-order valence-corrected chi connectivity index (χ2v) is 3.91. The lowest BCUT2D eigenvalue weighted by Crippen LogP contribution is -2.14. The van der Waals surface area contributed by atoms with Crippen LogP contribution in [0.5, 0.6) is 5.75 Å². The molecule has 0 fully saturated rings. The molecule has 0 atom stereocenters. The normalized spacial score (nSPS) is 10.4. The van der Waals surface area contributed by atoms with Gasteiger partial charge in [-0.1, -0.05) is 13.8 Å². The fraction of sp³-hybridized carbons (Fsp3) is 0.214.